The minimum atomic E-state index is -4.78. The molecule has 1 saturated carbocycles. The van der Waals surface area contributed by atoms with Gasteiger partial charge in [0.15, 0.2) is 0 Å². The van der Waals surface area contributed by atoms with E-state index in [0.29, 0.717) is 5.56 Å². The van der Waals surface area contributed by atoms with Crippen molar-refractivity contribution in [3.8, 4) is 5.75 Å². The van der Waals surface area contributed by atoms with Crippen LogP contribution in [0.5, 0.6) is 5.75 Å². The molecule has 0 bridgehead atoms. The van der Waals surface area contributed by atoms with Crippen molar-refractivity contribution in [2.24, 2.45) is 5.92 Å². The summed E-state index contributed by atoms with van der Waals surface area (Å²) in [6, 6.07) is 8.26. The number of hydrogen-bond acceptors (Lipinski definition) is 4. The van der Waals surface area contributed by atoms with Gasteiger partial charge in [0, 0.05) is 24.2 Å². The fourth-order valence-corrected chi connectivity index (χ4v) is 2.35. The molecule has 1 aliphatic rings. The molecule has 27 heavy (non-hydrogen) atoms. The monoisotopic (exact) mass is 379 g/mol. The molecule has 1 aromatic heterocycles. The van der Waals surface area contributed by atoms with Crippen LogP contribution >= 0.6 is 0 Å². The summed E-state index contributed by atoms with van der Waals surface area (Å²) < 4.78 is 40.6. The van der Waals surface area contributed by atoms with Gasteiger partial charge in [-0.3, -0.25) is 9.59 Å². The number of anilines is 1. The number of carbonyl (C=O) groups is 2. The lowest BCUT2D eigenvalue weighted by Crippen LogP contribution is -2.23. The number of amides is 2. The number of rotatable bonds is 6. The molecule has 1 aliphatic carbocycles. The third kappa shape index (κ3) is 5.70. The van der Waals surface area contributed by atoms with E-state index in [0.717, 1.165) is 12.8 Å². The van der Waals surface area contributed by atoms with Crippen molar-refractivity contribution in [2.75, 3.05) is 5.32 Å². The van der Waals surface area contributed by atoms with Gasteiger partial charge in [-0.15, -0.1) is 13.2 Å². The summed E-state index contributed by atoms with van der Waals surface area (Å²) in [5, 5.41) is 5.25. The van der Waals surface area contributed by atoms with Gasteiger partial charge < -0.3 is 15.4 Å². The standard InChI is InChI=1S/C18H16F3N3O3/c19-18(20,21)27-14-3-1-2-11(8-14)10-23-16(25)13-6-7-22-15(9-13)24-17(26)12-4-5-12/h1-3,6-9,12H,4-5,10H2,(H,23,25)(H,22,24,26). The molecule has 6 nitrogen and oxygen atoms in total. The van der Waals surface area contributed by atoms with Crippen LogP contribution in [-0.2, 0) is 11.3 Å². The first-order chi connectivity index (χ1) is 12.8. The molecule has 0 spiro atoms. The van der Waals surface area contributed by atoms with E-state index in [1.54, 1.807) is 6.07 Å². The van der Waals surface area contributed by atoms with Crippen LogP contribution < -0.4 is 15.4 Å². The molecule has 0 radical (unpaired) electrons. The molecule has 0 atom stereocenters. The van der Waals surface area contributed by atoms with Crippen LogP contribution in [0.15, 0.2) is 42.6 Å². The molecule has 0 saturated heterocycles. The maximum atomic E-state index is 12.3. The Morgan fingerprint density at radius 1 is 1.19 bits per heavy atom. The number of benzene rings is 1. The predicted octanol–water partition coefficient (Wildman–Crippen LogP) is 3.26. The molecule has 1 heterocycles. The first-order valence-corrected chi connectivity index (χ1v) is 8.20. The summed E-state index contributed by atoms with van der Waals surface area (Å²) in [5.74, 6) is -0.637. The highest BCUT2D eigenvalue weighted by Gasteiger charge is 2.31. The number of hydrogen-bond donors (Lipinski definition) is 2. The van der Waals surface area contributed by atoms with Gasteiger partial charge in [0.25, 0.3) is 5.91 Å². The first-order valence-electron chi connectivity index (χ1n) is 8.20. The van der Waals surface area contributed by atoms with Gasteiger partial charge in [-0.05, 0) is 42.7 Å². The molecule has 2 aromatic rings. The van der Waals surface area contributed by atoms with Gasteiger partial charge in [-0.25, -0.2) is 4.98 Å². The smallest absolute Gasteiger partial charge is 0.406 e. The summed E-state index contributed by atoms with van der Waals surface area (Å²) in [6.07, 6.45) is -1.68. The maximum Gasteiger partial charge on any atom is 0.573 e. The zero-order chi connectivity index (χ0) is 19.4. The second kappa shape index (κ2) is 7.65. The molecule has 2 amide bonds. The molecule has 3 rings (SSSR count). The van der Waals surface area contributed by atoms with Crippen molar-refractivity contribution < 1.29 is 27.5 Å². The Morgan fingerprint density at radius 3 is 2.67 bits per heavy atom. The number of nitrogens with zero attached hydrogens (tertiary/aromatic N) is 1. The number of nitrogens with one attached hydrogen (secondary N) is 2. The van der Waals surface area contributed by atoms with Crippen molar-refractivity contribution in [1.29, 1.82) is 0 Å². The summed E-state index contributed by atoms with van der Waals surface area (Å²) in [4.78, 5) is 28.0. The molecular formula is C18H16F3N3O3. The lowest BCUT2D eigenvalue weighted by molar-refractivity contribution is -0.274. The van der Waals surface area contributed by atoms with E-state index in [-0.39, 0.29) is 35.5 Å². The summed E-state index contributed by atoms with van der Waals surface area (Å²) in [5.41, 5.74) is 0.722. The molecule has 0 unspecified atom stereocenters. The fourth-order valence-electron chi connectivity index (χ4n) is 2.35. The van der Waals surface area contributed by atoms with Gasteiger partial charge in [-0.1, -0.05) is 12.1 Å². The van der Waals surface area contributed by atoms with Crippen LogP contribution in [0.1, 0.15) is 28.8 Å². The van der Waals surface area contributed by atoms with E-state index < -0.39 is 12.3 Å². The number of halogens is 3. The molecule has 2 N–H and O–H groups in total. The Kier molecular flexibility index (Phi) is 5.29. The largest absolute Gasteiger partial charge is 0.573 e. The normalized spacial score (nSPS) is 13.7. The van der Waals surface area contributed by atoms with Gasteiger partial charge in [0.1, 0.15) is 11.6 Å². The average Bonchev–Trinajstić information content (AvgIpc) is 3.44. The SMILES string of the molecule is O=C(NCc1cccc(OC(F)(F)F)c1)c1ccnc(NC(=O)C2CC2)c1. The number of ether oxygens (including phenoxy) is 1. The third-order valence-electron chi connectivity index (χ3n) is 3.81. The molecular weight excluding hydrogens is 363 g/mol. The maximum absolute atomic E-state index is 12.3. The second-order valence-corrected chi connectivity index (χ2v) is 6.07. The van der Waals surface area contributed by atoms with E-state index >= 15 is 0 Å². The van der Waals surface area contributed by atoms with Crippen molar-refractivity contribution in [2.45, 2.75) is 25.7 Å². The Hall–Kier alpha value is -3.10. The van der Waals surface area contributed by atoms with E-state index in [1.165, 1.54) is 36.5 Å². The predicted molar refractivity (Wildman–Crippen MR) is 89.9 cm³/mol. The zero-order valence-electron chi connectivity index (χ0n) is 14.0. The van der Waals surface area contributed by atoms with Gasteiger partial charge in [-0.2, -0.15) is 0 Å². The summed E-state index contributed by atoms with van der Waals surface area (Å²) in [7, 11) is 0. The van der Waals surface area contributed by atoms with Crippen LogP contribution in [0.2, 0.25) is 0 Å². The Morgan fingerprint density at radius 2 is 1.96 bits per heavy atom. The first kappa shape index (κ1) is 18.7. The second-order valence-electron chi connectivity index (χ2n) is 6.07. The van der Waals surface area contributed by atoms with Gasteiger partial charge in [0.05, 0.1) is 0 Å². The Bertz CT molecular complexity index is 851. The number of aromatic nitrogens is 1. The van der Waals surface area contributed by atoms with Crippen LogP contribution in [0.3, 0.4) is 0 Å². The van der Waals surface area contributed by atoms with E-state index in [4.69, 9.17) is 0 Å². The molecule has 142 valence electrons. The molecule has 0 aliphatic heterocycles. The number of carbonyl (C=O) groups excluding carboxylic acids is 2. The van der Waals surface area contributed by atoms with Crippen LogP contribution in [0.25, 0.3) is 0 Å². The van der Waals surface area contributed by atoms with Crippen molar-refractivity contribution >= 4 is 17.6 Å². The quantitative estimate of drug-likeness (QED) is 0.807. The third-order valence-corrected chi connectivity index (χ3v) is 3.81. The summed E-state index contributed by atoms with van der Waals surface area (Å²) >= 11 is 0. The lowest BCUT2D eigenvalue weighted by Gasteiger charge is -2.11. The van der Waals surface area contributed by atoms with E-state index in [9.17, 15) is 22.8 Å². The van der Waals surface area contributed by atoms with Gasteiger partial charge in [0.2, 0.25) is 5.91 Å². The fraction of sp³-hybridized carbons (Fsp3) is 0.278. The van der Waals surface area contributed by atoms with Crippen LogP contribution in [0.4, 0.5) is 19.0 Å². The average molecular weight is 379 g/mol. The van der Waals surface area contributed by atoms with Crippen molar-refractivity contribution in [1.82, 2.24) is 10.3 Å². The van der Waals surface area contributed by atoms with Crippen molar-refractivity contribution in [3.05, 3.63) is 53.7 Å². The van der Waals surface area contributed by atoms with Crippen LogP contribution in [-0.4, -0.2) is 23.2 Å². The zero-order valence-corrected chi connectivity index (χ0v) is 14.0. The van der Waals surface area contributed by atoms with E-state index in [1.807, 2.05) is 0 Å². The van der Waals surface area contributed by atoms with Gasteiger partial charge >= 0.3 is 6.36 Å². The van der Waals surface area contributed by atoms with Crippen molar-refractivity contribution in [3.63, 3.8) is 0 Å². The number of pyridine rings is 1. The van der Waals surface area contributed by atoms with E-state index in [2.05, 4.69) is 20.4 Å². The Labute approximate surface area is 152 Å². The topological polar surface area (TPSA) is 80.3 Å². The highest BCUT2D eigenvalue weighted by atomic mass is 19.4. The number of alkyl halides is 3. The summed E-state index contributed by atoms with van der Waals surface area (Å²) in [6.45, 7) is 0.0139. The highest BCUT2D eigenvalue weighted by molar-refractivity contribution is 5.97. The minimum Gasteiger partial charge on any atom is -0.406 e. The molecule has 1 aromatic carbocycles. The Balaban J connectivity index is 1.59. The lowest BCUT2D eigenvalue weighted by atomic mass is 10.2. The highest BCUT2D eigenvalue weighted by Crippen LogP contribution is 2.30. The molecule has 9 heteroatoms. The molecule has 1 fully saturated rings. The minimum absolute atomic E-state index is 0.00970. The van der Waals surface area contributed by atoms with Crippen LogP contribution in [0, 0.1) is 5.92 Å².